The molecule has 0 aromatic heterocycles. The Morgan fingerprint density at radius 1 is 1.04 bits per heavy atom. The van der Waals surface area contributed by atoms with Gasteiger partial charge in [0.2, 0.25) is 0 Å². The van der Waals surface area contributed by atoms with Gasteiger partial charge in [0.1, 0.15) is 18.2 Å². The molecule has 1 heterocycles. The Hall–Kier alpha value is -5.23. The first-order chi connectivity index (χ1) is 22.7. The highest BCUT2D eigenvalue weighted by atomic mass is 32.1. The summed E-state index contributed by atoms with van der Waals surface area (Å²) in [4.78, 5) is 25.5. The molecule has 10 nitrogen and oxygen atoms in total. The molecule has 3 aromatic carbocycles. The van der Waals surface area contributed by atoms with Crippen LogP contribution in [0.4, 0.5) is 4.39 Å². The van der Waals surface area contributed by atoms with Crippen molar-refractivity contribution >= 4 is 35.4 Å². The number of carbonyl (C=O) groups excluding carboxylic acids is 2. The summed E-state index contributed by atoms with van der Waals surface area (Å²) in [5.74, 6) is 0.118. The molecule has 246 valence electrons. The molecule has 0 fully saturated rings. The molecule has 47 heavy (non-hydrogen) atoms. The molecule has 1 amide bonds. The third-order valence-electron chi connectivity index (χ3n) is 6.87. The van der Waals surface area contributed by atoms with Gasteiger partial charge in [0, 0.05) is 16.8 Å². The van der Waals surface area contributed by atoms with Gasteiger partial charge in [0.15, 0.2) is 23.2 Å². The highest BCUT2D eigenvalue weighted by molar-refractivity contribution is 7.80. The van der Waals surface area contributed by atoms with E-state index in [4.69, 9.17) is 31.2 Å². The lowest BCUT2D eigenvalue weighted by molar-refractivity contribution is -0.139. The number of nitrogens with one attached hydrogen (secondary N) is 3. The monoisotopic (exact) mass is 660 g/mol. The number of esters is 1. The number of thiocarbonyl (C=S) groups is 1. The number of allylic oxidation sites excluding steroid dienone is 2. The van der Waals surface area contributed by atoms with Crippen LogP contribution in [0, 0.1) is 5.82 Å². The van der Waals surface area contributed by atoms with Gasteiger partial charge >= 0.3 is 5.97 Å². The van der Waals surface area contributed by atoms with Crippen LogP contribution in [0.5, 0.6) is 17.2 Å². The Kier molecular flexibility index (Phi) is 12.5. The molecular formula is C35H37FN4O6S. The predicted octanol–water partition coefficient (Wildman–Crippen LogP) is 5.42. The molecular weight excluding hydrogens is 623 g/mol. The number of para-hydroxylation sites is 1. The molecule has 3 N–H and O–H groups in total. The number of hydrazone groups is 1. The molecule has 4 rings (SSSR count). The summed E-state index contributed by atoms with van der Waals surface area (Å²) in [5, 5.41) is 10.5. The first-order valence-electron chi connectivity index (χ1n) is 15.0. The van der Waals surface area contributed by atoms with Crippen molar-refractivity contribution in [2.24, 2.45) is 5.10 Å². The number of halogens is 1. The van der Waals surface area contributed by atoms with Gasteiger partial charge in [-0.05, 0) is 80.9 Å². The van der Waals surface area contributed by atoms with E-state index in [0.29, 0.717) is 57.8 Å². The first kappa shape index (κ1) is 34.6. The molecule has 0 saturated heterocycles. The first-order valence-corrected chi connectivity index (χ1v) is 15.4. The van der Waals surface area contributed by atoms with Crippen molar-refractivity contribution < 1.29 is 32.9 Å². The molecule has 1 atom stereocenters. The molecule has 0 aliphatic carbocycles. The normalized spacial score (nSPS) is 14.2. The van der Waals surface area contributed by atoms with Gasteiger partial charge in [-0.1, -0.05) is 36.4 Å². The summed E-state index contributed by atoms with van der Waals surface area (Å²) in [5.41, 5.74) is 6.28. The number of benzene rings is 3. The number of carbonyl (C=O) groups is 2. The van der Waals surface area contributed by atoms with E-state index in [1.807, 2.05) is 13.0 Å². The van der Waals surface area contributed by atoms with E-state index < -0.39 is 17.9 Å². The average Bonchev–Trinajstić information content (AvgIpc) is 3.04. The van der Waals surface area contributed by atoms with Crippen LogP contribution in [0.1, 0.15) is 49.1 Å². The molecule has 0 unspecified atom stereocenters. The summed E-state index contributed by atoms with van der Waals surface area (Å²) >= 11 is 5.33. The number of nitrogens with zero attached hydrogens (tertiary/aromatic N) is 1. The molecule has 0 radical (unpaired) electrons. The van der Waals surface area contributed by atoms with Crippen LogP contribution in [0.2, 0.25) is 0 Å². The summed E-state index contributed by atoms with van der Waals surface area (Å²) in [6.45, 7) is 9.66. The minimum atomic E-state index is -0.646. The summed E-state index contributed by atoms with van der Waals surface area (Å²) in [7, 11) is 0. The number of amides is 1. The topological polar surface area (TPSA) is 120 Å². The van der Waals surface area contributed by atoms with E-state index in [2.05, 4.69) is 27.7 Å². The van der Waals surface area contributed by atoms with E-state index in [9.17, 15) is 14.0 Å². The summed E-state index contributed by atoms with van der Waals surface area (Å²) in [6.07, 6.45) is 3.72. The number of hydrogen-bond acceptors (Lipinski definition) is 8. The molecule has 0 spiro atoms. The van der Waals surface area contributed by atoms with Crippen LogP contribution in [0.15, 0.2) is 89.7 Å². The molecule has 12 heteroatoms. The Morgan fingerprint density at radius 3 is 2.53 bits per heavy atom. The SMILES string of the molecule is C=CCc1cc(C=NNC(=O)COc2ccccc2[C@H]2NC(=S)NC(C)=C2C(=O)OCC)cc(OCC)c1OCc1ccc(F)cc1. The van der Waals surface area contributed by atoms with E-state index in [0.717, 1.165) is 11.1 Å². The Bertz CT molecular complexity index is 1670. The van der Waals surface area contributed by atoms with Gasteiger partial charge in [0.05, 0.1) is 31.0 Å². The largest absolute Gasteiger partial charge is 0.490 e. The van der Waals surface area contributed by atoms with Crippen molar-refractivity contribution in [2.45, 2.75) is 39.8 Å². The van der Waals surface area contributed by atoms with Crippen molar-refractivity contribution in [1.82, 2.24) is 16.1 Å². The van der Waals surface area contributed by atoms with Gasteiger partial charge in [-0.2, -0.15) is 5.10 Å². The highest BCUT2D eigenvalue weighted by Gasteiger charge is 2.32. The maximum absolute atomic E-state index is 13.3. The van der Waals surface area contributed by atoms with Gasteiger partial charge in [-0.3, -0.25) is 4.79 Å². The second-order valence-electron chi connectivity index (χ2n) is 10.3. The van der Waals surface area contributed by atoms with Crippen molar-refractivity contribution in [1.29, 1.82) is 0 Å². The van der Waals surface area contributed by atoms with Crippen molar-refractivity contribution in [3.05, 3.63) is 113 Å². The van der Waals surface area contributed by atoms with E-state index in [1.165, 1.54) is 18.3 Å². The van der Waals surface area contributed by atoms with Crippen LogP contribution in [0.25, 0.3) is 0 Å². The minimum Gasteiger partial charge on any atom is -0.490 e. The fraction of sp³-hybridized carbons (Fsp3) is 0.257. The van der Waals surface area contributed by atoms with Gasteiger partial charge in [-0.25, -0.2) is 14.6 Å². The van der Waals surface area contributed by atoms with Crippen molar-refractivity contribution in [3.63, 3.8) is 0 Å². The zero-order valence-electron chi connectivity index (χ0n) is 26.4. The number of rotatable bonds is 15. The fourth-order valence-corrected chi connectivity index (χ4v) is 5.11. The third kappa shape index (κ3) is 9.39. The van der Waals surface area contributed by atoms with Crippen LogP contribution in [0.3, 0.4) is 0 Å². The molecule has 3 aromatic rings. The highest BCUT2D eigenvalue weighted by Crippen LogP contribution is 2.35. The van der Waals surface area contributed by atoms with Crippen LogP contribution in [-0.4, -0.2) is 43.0 Å². The fourth-order valence-electron chi connectivity index (χ4n) is 4.84. The quantitative estimate of drug-likeness (QED) is 0.0646. The molecule has 0 saturated carbocycles. The maximum atomic E-state index is 13.3. The Balaban J connectivity index is 1.45. The molecule has 1 aliphatic heterocycles. The van der Waals surface area contributed by atoms with Crippen molar-refractivity contribution in [3.8, 4) is 17.2 Å². The van der Waals surface area contributed by atoms with Crippen LogP contribution >= 0.6 is 12.2 Å². The number of ether oxygens (including phenoxy) is 4. The molecule has 1 aliphatic rings. The number of hydrogen-bond donors (Lipinski definition) is 3. The van der Waals surface area contributed by atoms with Crippen molar-refractivity contribution in [2.75, 3.05) is 19.8 Å². The van der Waals surface area contributed by atoms with E-state index >= 15 is 0 Å². The maximum Gasteiger partial charge on any atom is 0.338 e. The molecule has 0 bridgehead atoms. The second-order valence-corrected chi connectivity index (χ2v) is 10.7. The summed E-state index contributed by atoms with van der Waals surface area (Å²) in [6, 6.07) is 16.1. The van der Waals surface area contributed by atoms with E-state index in [1.54, 1.807) is 62.4 Å². The van der Waals surface area contributed by atoms with E-state index in [-0.39, 0.29) is 25.6 Å². The second kappa shape index (κ2) is 16.9. The Labute approximate surface area is 278 Å². The van der Waals surface area contributed by atoms with Crippen LogP contribution < -0.4 is 30.3 Å². The lowest BCUT2D eigenvalue weighted by Crippen LogP contribution is -2.45. The zero-order valence-corrected chi connectivity index (χ0v) is 27.2. The standard InChI is InChI=1S/C35H37FN4O6S/c1-5-10-25-17-24(18-29(43-6-2)33(25)46-20-23-13-15-26(36)16-14-23)19-37-40-30(41)21-45-28-12-9-8-11-27(28)32-31(34(42)44-7-3)22(4)38-35(47)39-32/h5,8-9,11-19,32H,1,6-7,10,20-21H2,2-4H3,(H,40,41)(H2,38,39,47)/t32-/m1/s1. The lowest BCUT2D eigenvalue weighted by Gasteiger charge is -2.30. The smallest absolute Gasteiger partial charge is 0.338 e. The van der Waals surface area contributed by atoms with Gasteiger partial charge < -0.3 is 29.6 Å². The van der Waals surface area contributed by atoms with Gasteiger partial charge in [0.25, 0.3) is 5.91 Å². The lowest BCUT2D eigenvalue weighted by atomic mass is 9.95. The summed E-state index contributed by atoms with van der Waals surface area (Å²) < 4.78 is 36.4. The minimum absolute atomic E-state index is 0.212. The van der Waals surface area contributed by atoms with Gasteiger partial charge in [-0.15, -0.1) is 6.58 Å². The third-order valence-corrected chi connectivity index (χ3v) is 7.09. The Morgan fingerprint density at radius 2 is 1.81 bits per heavy atom. The zero-order chi connectivity index (χ0) is 33.8. The van der Waals surface area contributed by atoms with Crippen LogP contribution in [-0.2, 0) is 27.4 Å². The average molecular weight is 661 g/mol. The predicted molar refractivity (Wildman–Crippen MR) is 181 cm³/mol.